The van der Waals surface area contributed by atoms with Gasteiger partial charge in [-0.05, 0) is 42.5 Å². The number of hydrogen-bond acceptors (Lipinski definition) is 4. The van der Waals surface area contributed by atoms with Crippen LogP contribution in [-0.2, 0) is 0 Å². The Morgan fingerprint density at radius 3 is 2.56 bits per heavy atom. The maximum absolute atomic E-state index is 12.4. The molecule has 0 radical (unpaired) electrons. The van der Waals surface area contributed by atoms with Crippen molar-refractivity contribution in [1.29, 1.82) is 0 Å². The van der Waals surface area contributed by atoms with Crippen LogP contribution in [-0.4, -0.2) is 24.7 Å². The first-order valence-corrected chi connectivity index (χ1v) is 7.69. The van der Waals surface area contributed by atoms with Gasteiger partial charge in [0.25, 0.3) is 5.91 Å². The highest BCUT2D eigenvalue weighted by atomic mass is 35.5. The van der Waals surface area contributed by atoms with Gasteiger partial charge in [0.05, 0.1) is 17.8 Å². The van der Waals surface area contributed by atoms with E-state index < -0.39 is 12.5 Å². The number of para-hydroxylation sites is 2. The van der Waals surface area contributed by atoms with E-state index in [1.165, 1.54) is 37.4 Å². The van der Waals surface area contributed by atoms with Crippen molar-refractivity contribution < 1.29 is 23.0 Å². The standard InChI is InChI=1S/C16H13ClF2N2O3S/c1-23-12-7-6-9(8-10(12)17)14(22)21-16(25)20-11-4-2-3-5-13(11)24-15(18)19/h2-8,15H,1H3,(H2,20,21,22,25). The van der Waals surface area contributed by atoms with Crippen LogP contribution in [0.3, 0.4) is 0 Å². The largest absolute Gasteiger partial charge is 0.495 e. The topological polar surface area (TPSA) is 59.6 Å². The predicted octanol–water partition coefficient (Wildman–Crippen LogP) is 4.08. The highest BCUT2D eigenvalue weighted by Crippen LogP contribution is 2.26. The zero-order valence-corrected chi connectivity index (χ0v) is 14.5. The van der Waals surface area contributed by atoms with Gasteiger partial charge >= 0.3 is 6.61 Å². The van der Waals surface area contributed by atoms with Gasteiger partial charge < -0.3 is 14.8 Å². The monoisotopic (exact) mass is 386 g/mol. The van der Waals surface area contributed by atoms with E-state index in [1.807, 2.05) is 0 Å². The van der Waals surface area contributed by atoms with Crippen molar-refractivity contribution in [2.24, 2.45) is 0 Å². The molecule has 2 N–H and O–H groups in total. The second kappa shape index (κ2) is 8.59. The number of methoxy groups -OCH3 is 1. The number of carbonyl (C=O) groups is 1. The quantitative estimate of drug-likeness (QED) is 0.758. The third-order valence-corrected chi connectivity index (χ3v) is 3.49. The second-order valence-electron chi connectivity index (χ2n) is 4.63. The van der Waals surface area contributed by atoms with E-state index in [9.17, 15) is 13.6 Å². The summed E-state index contributed by atoms with van der Waals surface area (Å²) in [5.74, 6) is -0.187. The molecule has 0 bridgehead atoms. The minimum absolute atomic E-state index is 0.0812. The molecule has 0 unspecified atom stereocenters. The molecule has 0 aromatic heterocycles. The van der Waals surface area contributed by atoms with Crippen LogP contribution >= 0.6 is 23.8 Å². The number of carbonyl (C=O) groups excluding carboxylic acids is 1. The van der Waals surface area contributed by atoms with Crippen molar-refractivity contribution in [2.75, 3.05) is 12.4 Å². The SMILES string of the molecule is COc1ccc(C(=O)NC(=S)Nc2ccccc2OC(F)F)cc1Cl. The van der Waals surface area contributed by atoms with Gasteiger partial charge in [-0.25, -0.2) is 0 Å². The van der Waals surface area contributed by atoms with Crippen molar-refractivity contribution in [3.05, 3.63) is 53.1 Å². The minimum atomic E-state index is -2.98. The molecule has 0 spiro atoms. The number of halogens is 3. The molecule has 9 heteroatoms. The van der Waals surface area contributed by atoms with E-state index in [0.29, 0.717) is 5.75 Å². The molecule has 0 atom stereocenters. The molecule has 0 aliphatic carbocycles. The van der Waals surface area contributed by atoms with Crippen molar-refractivity contribution >= 4 is 40.5 Å². The third kappa shape index (κ3) is 5.27. The first kappa shape index (κ1) is 18.9. The summed E-state index contributed by atoms with van der Waals surface area (Å²) in [5, 5.41) is 5.25. The highest BCUT2D eigenvalue weighted by molar-refractivity contribution is 7.80. The number of anilines is 1. The molecule has 132 valence electrons. The minimum Gasteiger partial charge on any atom is -0.495 e. The van der Waals surface area contributed by atoms with Crippen molar-refractivity contribution in [3.63, 3.8) is 0 Å². The van der Waals surface area contributed by atoms with E-state index in [-0.39, 0.29) is 27.1 Å². The molecule has 2 aromatic carbocycles. The predicted molar refractivity (Wildman–Crippen MR) is 94.8 cm³/mol. The van der Waals surface area contributed by atoms with Gasteiger partial charge in [0.1, 0.15) is 11.5 Å². The van der Waals surface area contributed by atoms with Crippen molar-refractivity contribution in [3.8, 4) is 11.5 Å². The Morgan fingerprint density at radius 1 is 1.20 bits per heavy atom. The lowest BCUT2D eigenvalue weighted by Gasteiger charge is -2.14. The normalized spacial score (nSPS) is 10.3. The molecule has 0 fully saturated rings. The van der Waals surface area contributed by atoms with Crippen LogP contribution in [0.25, 0.3) is 0 Å². The maximum Gasteiger partial charge on any atom is 0.387 e. The van der Waals surface area contributed by atoms with Crippen LogP contribution in [0.15, 0.2) is 42.5 Å². The first-order valence-electron chi connectivity index (χ1n) is 6.90. The van der Waals surface area contributed by atoms with Crippen LogP contribution in [0.4, 0.5) is 14.5 Å². The summed E-state index contributed by atoms with van der Waals surface area (Å²) in [5.41, 5.74) is 0.452. The summed E-state index contributed by atoms with van der Waals surface area (Å²) in [6.45, 7) is -2.98. The molecule has 0 aliphatic heterocycles. The molecular weight excluding hydrogens is 374 g/mol. The van der Waals surface area contributed by atoms with Gasteiger partial charge in [-0.1, -0.05) is 23.7 Å². The van der Waals surface area contributed by atoms with E-state index in [4.69, 9.17) is 28.6 Å². The molecular formula is C16H13ClF2N2O3S. The number of nitrogens with one attached hydrogen (secondary N) is 2. The summed E-state index contributed by atoms with van der Waals surface area (Å²) in [4.78, 5) is 12.2. The van der Waals surface area contributed by atoms with Crippen LogP contribution in [0.5, 0.6) is 11.5 Å². The van der Waals surface area contributed by atoms with Gasteiger partial charge in [0.15, 0.2) is 5.11 Å². The number of rotatable bonds is 5. The first-order chi connectivity index (χ1) is 11.9. The Bertz CT molecular complexity index is 790. The summed E-state index contributed by atoms with van der Waals surface area (Å²) < 4.78 is 34.2. The number of thiocarbonyl (C=S) groups is 1. The van der Waals surface area contributed by atoms with E-state index in [0.717, 1.165) is 0 Å². The van der Waals surface area contributed by atoms with Gasteiger partial charge in [-0.15, -0.1) is 0 Å². The highest BCUT2D eigenvalue weighted by Gasteiger charge is 2.13. The Morgan fingerprint density at radius 2 is 1.92 bits per heavy atom. The molecule has 25 heavy (non-hydrogen) atoms. The molecule has 0 heterocycles. The summed E-state index contributed by atoms with van der Waals surface area (Å²) in [6, 6.07) is 10.4. The van der Waals surface area contributed by atoms with Gasteiger partial charge in [-0.2, -0.15) is 8.78 Å². The molecule has 2 rings (SSSR count). The number of hydrogen-bond donors (Lipinski definition) is 2. The second-order valence-corrected chi connectivity index (χ2v) is 5.45. The molecule has 0 aliphatic rings. The van der Waals surface area contributed by atoms with Gasteiger partial charge in [-0.3, -0.25) is 10.1 Å². The smallest absolute Gasteiger partial charge is 0.387 e. The van der Waals surface area contributed by atoms with Crippen LogP contribution in [0.2, 0.25) is 5.02 Å². The van der Waals surface area contributed by atoms with Gasteiger partial charge in [0, 0.05) is 5.56 Å². The Kier molecular flexibility index (Phi) is 6.49. The fourth-order valence-electron chi connectivity index (χ4n) is 1.91. The number of ether oxygens (including phenoxy) is 2. The Balaban J connectivity index is 2.05. The lowest BCUT2D eigenvalue weighted by molar-refractivity contribution is -0.0493. The fraction of sp³-hybridized carbons (Fsp3) is 0.125. The molecule has 0 saturated heterocycles. The average molecular weight is 387 g/mol. The van der Waals surface area contributed by atoms with Gasteiger partial charge in [0.2, 0.25) is 0 Å². The number of benzene rings is 2. The summed E-state index contributed by atoms with van der Waals surface area (Å²) >= 11 is 11.0. The molecule has 5 nitrogen and oxygen atoms in total. The molecule has 2 aromatic rings. The zero-order chi connectivity index (χ0) is 18.4. The maximum atomic E-state index is 12.4. The summed E-state index contributed by atoms with van der Waals surface area (Å²) in [7, 11) is 1.46. The van der Waals surface area contributed by atoms with E-state index in [1.54, 1.807) is 12.1 Å². The average Bonchev–Trinajstić information content (AvgIpc) is 2.56. The molecule has 1 amide bonds. The fourth-order valence-corrected chi connectivity index (χ4v) is 2.37. The van der Waals surface area contributed by atoms with Crippen molar-refractivity contribution in [1.82, 2.24) is 5.32 Å². The van der Waals surface area contributed by atoms with E-state index >= 15 is 0 Å². The Labute approximate surface area is 152 Å². The Hall–Kier alpha value is -2.45. The zero-order valence-electron chi connectivity index (χ0n) is 12.9. The lowest BCUT2D eigenvalue weighted by Crippen LogP contribution is -2.34. The lowest BCUT2D eigenvalue weighted by atomic mass is 10.2. The third-order valence-electron chi connectivity index (χ3n) is 2.99. The van der Waals surface area contributed by atoms with Crippen LogP contribution in [0.1, 0.15) is 10.4 Å². The van der Waals surface area contributed by atoms with E-state index in [2.05, 4.69) is 15.4 Å². The number of alkyl halides is 2. The van der Waals surface area contributed by atoms with Crippen LogP contribution in [0, 0.1) is 0 Å². The molecule has 0 saturated carbocycles. The van der Waals surface area contributed by atoms with Crippen molar-refractivity contribution in [2.45, 2.75) is 6.61 Å². The summed E-state index contributed by atoms with van der Waals surface area (Å²) in [6.07, 6.45) is 0. The van der Waals surface area contributed by atoms with Crippen LogP contribution < -0.4 is 20.1 Å². The number of amides is 1.